The molecule has 6 heteroatoms. The number of nitrogens with zero attached hydrogens (tertiary/aromatic N) is 2. The fraction of sp³-hybridized carbons (Fsp3) is 0.692. The normalized spacial score (nSPS) is 27.5. The van der Waals surface area contributed by atoms with Crippen molar-refractivity contribution < 1.29 is 9.53 Å². The van der Waals surface area contributed by atoms with Crippen LogP contribution in [0.3, 0.4) is 0 Å². The largest absolute Gasteiger partial charge is 0.379 e. The number of aromatic amines is 1. The summed E-state index contributed by atoms with van der Waals surface area (Å²) in [5, 5.41) is 9.89. The Kier molecular flexibility index (Phi) is 3.68. The molecule has 0 radical (unpaired) electrons. The molecule has 19 heavy (non-hydrogen) atoms. The molecule has 0 unspecified atom stereocenters. The number of H-pyrrole nitrogens is 1. The van der Waals surface area contributed by atoms with E-state index in [0.717, 1.165) is 44.4 Å². The third-order valence-corrected chi connectivity index (χ3v) is 3.93. The van der Waals surface area contributed by atoms with E-state index in [0.29, 0.717) is 6.61 Å². The molecule has 2 aliphatic heterocycles. The topological polar surface area (TPSA) is 70.2 Å². The van der Waals surface area contributed by atoms with E-state index >= 15 is 0 Å². The number of amides is 2. The molecular formula is C13H20N4O2. The Balaban J connectivity index is 1.67. The third-order valence-electron chi connectivity index (χ3n) is 3.93. The van der Waals surface area contributed by atoms with Crippen LogP contribution < -0.4 is 5.32 Å². The summed E-state index contributed by atoms with van der Waals surface area (Å²) in [6, 6.07) is 0.343. The van der Waals surface area contributed by atoms with Crippen molar-refractivity contribution in [1.29, 1.82) is 0 Å². The highest BCUT2D eigenvalue weighted by Gasteiger charge is 2.30. The molecule has 3 heterocycles. The van der Waals surface area contributed by atoms with Crippen molar-refractivity contribution >= 4 is 6.03 Å². The lowest BCUT2D eigenvalue weighted by molar-refractivity contribution is 0.145. The summed E-state index contributed by atoms with van der Waals surface area (Å²) in [7, 11) is 0. The van der Waals surface area contributed by atoms with E-state index in [1.807, 2.05) is 17.3 Å². The second-order valence-corrected chi connectivity index (χ2v) is 5.25. The maximum atomic E-state index is 12.4. The SMILES string of the molecule is O=C(N[C@H]1CCOC1)N1CCCC[C@H]1c1cn[nH]c1. The summed E-state index contributed by atoms with van der Waals surface area (Å²) in [5.74, 6) is 0. The molecule has 2 aliphatic rings. The van der Waals surface area contributed by atoms with Crippen LogP contribution in [-0.4, -0.2) is 46.9 Å². The summed E-state index contributed by atoms with van der Waals surface area (Å²) in [4.78, 5) is 14.3. The molecule has 104 valence electrons. The van der Waals surface area contributed by atoms with Gasteiger partial charge < -0.3 is 15.0 Å². The first-order valence-corrected chi connectivity index (χ1v) is 6.98. The van der Waals surface area contributed by atoms with E-state index in [4.69, 9.17) is 4.74 Å². The lowest BCUT2D eigenvalue weighted by Crippen LogP contribution is -2.48. The van der Waals surface area contributed by atoms with Gasteiger partial charge in [0.15, 0.2) is 0 Å². The molecule has 3 rings (SSSR count). The molecule has 0 aromatic carbocycles. The predicted octanol–water partition coefficient (Wildman–Crippen LogP) is 1.44. The second kappa shape index (κ2) is 5.61. The molecule has 2 atom stereocenters. The number of hydrogen-bond acceptors (Lipinski definition) is 3. The van der Waals surface area contributed by atoms with Gasteiger partial charge in [-0.3, -0.25) is 5.10 Å². The van der Waals surface area contributed by atoms with E-state index in [1.54, 1.807) is 0 Å². The lowest BCUT2D eigenvalue weighted by atomic mass is 9.98. The van der Waals surface area contributed by atoms with Crippen molar-refractivity contribution in [3.8, 4) is 0 Å². The van der Waals surface area contributed by atoms with Crippen LogP contribution >= 0.6 is 0 Å². The van der Waals surface area contributed by atoms with Crippen LogP contribution in [0.25, 0.3) is 0 Å². The van der Waals surface area contributed by atoms with Gasteiger partial charge in [-0.05, 0) is 25.7 Å². The molecule has 1 aromatic heterocycles. The number of likely N-dealkylation sites (tertiary alicyclic amines) is 1. The van der Waals surface area contributed by atoms with E-state index in [2.05, 4.69) is 15.5 Å². The van der Waals surface area contributed by atoms with Gasteiger partial charge >= 0.3 is 6.03 Å². The van der Waals surface area contributed by atoms with Gasteiger partial charge in [-0.15, -0.1) is 0 Å². The van der Waals surface area contributed by atoms with Gasteiger partial charge in [0, 0.05) is 24.9 Å². The molecule has 0 saturated carbocycles. The zero-order valence-corrected chi connectivity index (χ0v) is 11.0. The maximum absolute atomic E-state index is 12.4. The minimum atomic E-state index is 0.0291. The fourth-order valence-electron chi connectivity index (χ4n) is 2.87. The number of aromatic nitrogens is 2. The number of ether oxygens (including phenoxy) is 1. The Hall–Kier alpha value is -1.56. The Morgan fingerprint density at radius 2 is 2.42 bits per heavy atom. The third kappa shape index (κ3) is 2.73. The molecule has 0 bridgehead atoms. The van der Waals surface area contributed by atoms with Crippen molar-refractivity contribution in [3.05, 3.63) is 18.0 Å². The smallest absolute Gasteiger partial charge is 0.318 e. The molecule has 2 saturated heterocycles. The van der Waals surface area contributed by atoms with Crippen LogP contribution in [0.5, 0.6) is 0 Å². The van der Waals surface area contributed by atoms with Gasteiger partial charge in [0.1, 0.15) is 0 Å². The van der Waals surface area contributed by atoms with E-state index in [-0.39, 0.29) is 18.1 Å². The van der Waals surface area contributed by atoms with Gasteiger partial charge in [0.25, 0.3) is 0 Å². The van der Waals surface area contributed by atoms with Gasteiger partial charge in [0.05, 0.1) is 24.9 Å². The highest BCUT2D eigenvalue weighted by Crippen LogP contribution is 2.30. The first-order valence-electron chi connectivity index (χ1n) is 6.98. The molecule has 2 N–H and O–H groups in total. The number of carbonyl (C=O) groups excluding carboxylic acids is 1. The van der Waals surface area contributed by atoms with Crippen molar-refractivity contribution in [2.24, 2.45) is 0 Å². The first-order chi connectivity index (χ1) is 9.34. The molecule has 2 fully saturated rings. The molecule has 0 aliphatic carbocycles. The molecule has 0 spiro atoms. The van der Waals surface area contributed by atoms with Crippen molar-refractivity contribution in [2.45, 2.75) is 37.8 Å². The minimum Gasteiger partial charge on any atom is -0.379 e. The van der Waals surface area contributed by atoms with Crippen LogP contribution in [0.15, 0.2) is 12.4 Å². The summed E-state index contributed by atoms with van der Waals surface area (Å²) in [6.07, 6.45) is 7.85. The molecule has 6 nitrogen and oxygen atoms in total. The number of hydrogen-bond donors (Lipinski definition) is 2. The van der Waals surface area contributed by atoms with Gasteiger partial charge in [0.2, 0.25) is 0 Å². The first kappa shape index (κ1) is 12.5. The highest BCUT2D eigenvalue weighted by molar-refractivity contribution is 5.75. The number of nitrogens with one attached hydrogen (secondary N) is 2. The summed E-state index contributed by atoms with van der Waals surface area (Å²) in [6.45, 7) is 2.20. The molecular weight excluding hydrogens is 244 g/mol. The monoisotopic (exact) mass is 264 g/mol. The van der Waals surface area contributed by atoms with E-state index in [1.165, 1.54) is 0 Å². The average Bonchev–Trinajstić information content (AvgIpc) is 3.11. The van der Waals surface area contributed by atoms with Crippen LogP contribution in [-0.2, 0) is 4.74 Å². The van der Waals surface area contributed by atoms with Gasteiger partial charge in [-0.25, -0.2) is 4.79 Å². The second-order valence-electron chi connectivity index (χ2n) is 5.25. The standard InChI is InChI=1S/C13H20N4O2/c18-13(16-11-4-6-19-9-11)17-5-2-1-3-12(17)10-7-14-15-8-10/h7-8,11-12H,1-6,9H2,(H,14,15)(H,16,18)/t11-,12-/m0/s1. The van der Waals surface area contributed by atoms with Crippen LogP contribution in [0.4, 0.5) is 4.79 Å². The Bertz CT molecular complexity index is 414. The molecule has 1 aromatic rings. The summed E-state index contributed by atoms with van der Waals surface area (Å²) in [5.41, 5.74) is 1.09. The van der Waals surface area contributed by atoms with Crippen molar-refractivity contribution in [3.63, 3.8) is 0 Å². The number of piperidine rings is 1. The van der Waals surface area contributed by atoms with Crippen LogP contribution in [0.1, 0.15) is 37.3 Å². The zero-order chi connectivity index (χ0) is 13.1. The van der Waals surface area contributed by atoms with Crippen LogP contribution in [0.2, 0.25) is 0 Å². The number of rotatable bonds is 2. The zero-order valence-electron chi connectivity index (χ0n) is 11.0. The Labute approximate surface area is 112 Å². The number of urea groups is 1. The van der Waals surface area contributed by atoms with Gasteiger partial charge in [-0.2, -0.15) is 5.10 Å². The van der Waals surface area contributed by atoms with Crippen LogP contribution in [0, 0.1) is 0 Å². The van der Waals surface area contributed by atoms with E-state index in [9.17, 15) is 4.79 Å². The highest BCUT2D eigenvalue weighted by atomic mass is 16.5. The maximum Gasteiger partial charge on any atom is 0.318 e. The van der Waals surface area contributed by atoms with Crippen molar-refractivity contribution in [2.75, 3.05) is 19.8 Å². The number of carbonyl (C=O) groups is 1. The Morgan fingerprint density at radius 1 is 1.47 bits per heavy atom. The minimum absolute atomic E-state index is 0.0291. The van der Waals surface area contributed by atoms with Gasteiger partial charge in [-0.1, -0.05) is 0 Å². The summed E-state index contributed by atoms with van der Waals surface area (Å²) < 4.78 is 5.30. The predicted molar refractivity (Wildman–Crippen MR) is 69.6 cm³/mol. The lowest BCUT2D eigenvalue weighted by Gasteiger charge is -2.35. The van der Waals surface area contributed by atoms with Crippen molar-refractivity contribution in [1.82, 2.24) is 20.4 Å². The summed E-state index contributed by atoms with van der Waals surface area (Å²) >= 11 is 0. The average molecular weight is 264 g/mol. The fourth-order valence-corrected chi connectivity index (χ4v) is 2.87. The molecule has 2 amide bonds. The Morgan fingerprint density at radius 3 is 3.16 bits per heavy atom. The quantitative estimate of drug-likeness (QED) is 0.849. The van der Waals surface area contributed by atoms with E-state index < -0.39 is 0 Å².